The van der Waals surface area contributed by atoms with E-state index in [1.54, 1.807) is 6.07 Å². The van der Waals surface area contributed by atoms with Crippen LogP contribution in [-0.2, 0) is 22.5 Å². The lowest BCUT2D eigenvalue weighted by Crippen LogP contribution is -2.13. The van der Waals surface area contributed by atoms with Crippen molar-refractivity contribution in [2.45, 2.75) is 19.6 Å². The largest absolute Gasteiger partial charge is 0.469 e. The van der Waals surface area contributed by atoms with Crippen molar-refractivity contribution < 1.29 is 23.0 Å². The summed E-state index contributed by atoms with van der Waals surface area (Å²) in [6, 6.07) is 4.51. The maximum Gasteiger partial charge on any atom is 0.387 e. The maximum atomic E-state index is 12.3. The van der Waals surface area contributed by atoms with E-state index in [-0.39, 0.29) is 29.8 Å². The van der Waals surface area contributed by atoms with E-state index in [4.69, 9.17) is 11.0 Å². The fourth-order valence-corrected chi connectivity index (χ4v) is 1.60. The van der Waals surface area contributed by atoms with Crippen LogP contribution in [0.1, 0.15) is 16.7 Å². The molecule has 0 saturated carbocycles. The molecule has 0 unspecified atom stereocenters. The monoisotopic (exact) mass is 270 g/mol. The smallest absolute Gasteiger partial charge is 0.387 e. The Morgan fingerprint density at radius 2 is 2.21 bits per heavy atom. The summed E-state index contributed by atoms with van der Waals surface area (Å²) in [6.07, 6.45) is -0.131. The van der Waals surface area contributed by atoms with Gasteiger partial charge in [0, 0.05) is 12.1 Å². The minimum absolute atomic E-state index is 0.0608. The molecule has 0 aliphatic carbocycles. The van der Waals surface area contributed by atoms with Gasteiger partial charge in [0.05, 0.1) is 19.1 Å². The molecule has 0 radical (unpaired) electrons. The Kier molecular flexibility index (Phi) is 5.21. The number of rotatable bonds is 5. The molecule has 1 rings (SSSR count). The summed E-state index contributed by atoms with van der Waals surface area (Å²) in [5.74, 6) is -0.830. The number of hydrogen-bond acceptors (Lipinski definition) is 5. The lowest BCUT2D eigenvalue weighted by Gasteiger charge is -2.14. The molecular weight excluding hydrogens is 258 g/mol. The molecule has 0 spiro atoms. The molecule has 2 N–H and O–H groups in total. The highest BCUT2D eigenvalue weighted by molar-refractivity contribution is 5.73. The zero-order chi connectivity index (χ0) is 14.4. The molecule has 0 aliphatic rings. The number of ether oxygens (including phenoxy) is 2. The zero-order valence-corrected chi connectivity index (χ0v) is 10.2. The first kappa shape index (κ1) is 14.9. The molecule has 0 fully saturated rings. The molecule has 0 heterocycles. The first-order chi connectivity index (χ1) is 9.03. The van der Waals surface area contributed by atoms with Gasteiger partial charge in [0.25, 0.3) is 0 Å². The lowest BCUT2D eigenvalue weighted by atomic mass is 10.00. The first-order valence-corrected chi connectivity index (χ1v) is 5.30. The molecule has 0 aromatic heterocycles. The fourth-order valence-electron chi connectivity index (χ4n) is 1.60. The van der Waals surface area contributed by atoms with E-state index in [1.165, 1.54) is 19.2 Å². The third kappa shape index (κ3) is 3.63. The maximum absolute atomic E-state index is 12.3. The minimum atomic E-state index is -3.08. The topological polar surface area (TPSA) is 85.3 Å². The normalized spacial score (nSPS) is 10.1. The number of methoxy groups -OCH3 is 1. The second-order valence-electron chi connectivity index (χ2n) is 3.53. The molecule has 1 aromatic rings. The average Bonchev–Trinajstić information content (AvgIpc) is 2.38. The molecule has 5 nitrogen and oxygen atoms in total. The summed E-state index contributed by atoms with van der Waals surface area (Å²) in [7, 11) is 1.21. The van der Waals surface area contributed by atoms with Crippen molar-refractivity contribution in [1.29, 1.82) is 5.26 Å². The Morgan fingerprint density at radius 1 is 1.53 bits per heavy atom. The lowest BCUT2D eigenvalue weighted by molar-refractivity contribution is -0.139. The van der Waals surface area contributed by atoms with E-state index in [9.17, 15) is 13.6 Å². The van der Waals surface area contributed by atoms with E-state index < -0.39 is 12.6 Å². The summed E-state index contributed by atoms with van der Waals surface area (Å²) in [5, 5.41) is 8.86. The van der Waals surface area contributed by atoms with Gasteiger partial charge in [-0.05, 0) is 11.6 Å². The molecule has 0 aliphatic heterocycles. The standard InChI is InChI=1S/C12H12F2N2O3/c1-18-10(17)4-7-2-3-8(5-15)11(9(7)6-16)19-12(13)14/h2-3,12H,4,6,16H2,1H3. The fraction of sp³-hybridized carbons (Fsp3) is 0.333. The number of halogens is 2. The second kappa shape index (κ2) is 6.66. The SMILES string of the molecule is COC(=O)Cc1ccc(C#N)c(OC(F)F)c1CN. The van der Waals surface area contributed by atoms with Gasteiger partial charge < -0.3 is 15.2 Å². The highest BCUT2D eigenvalue weighted by atomic mass is 19.3. The number of esters is 1. The van der Waals surface area contributed by atoms with Crippen molar-refractivity contribution in [3.8, 4) is 11.8 Å². The highest BCUT2D eigenvalue weighted by Crippen LogP contribution is 2.29. The van der Waals surface area contributed by atoms with Crippen molar-refractivity contribution in [3.05, 3.63) is 28.8 Å². The Bertz CT molecular complexity index is 512. The van der Waals surface area contributed by atoms with Crippen LogP contribution in [0.4, 0.5) is 8.78 Å². The molecule has 19 heavy (non-hydrogen) atoms. The molecule has 1 aromatic carbocycles. The third-order valence-electron chi connectivity index (χ3n) is 2.45. The van der Waals surface area contributed by atoms with Gasteiger partial charge in [-0.3, -0.25) is 4.79 Å². The Balaban J connectivity index is 3.28. The Morgan fingerprint density at radius 3 is 2.68 bits per heavy atom. The number of hydrogen-bond donors (Lipinski definition) is 1. The van der Waals surface area contributed by atoms with Gasteiger partial charge in [0.2, 0.25) is 0 Å². The van der Waals surface area contributed by atoms with E-state index in [0.29, 0.717) is 5.56 Å². The number of benzene rings is 1. The zero-order valence-electron chi connectivity index (χ0n) is 10.2. The molecule has 0 saturated heterocycles. The van der Waals surface area contributed by atoms with Crippen molar-refractivity contribution in [2.75, 3.05) is 7.11 Å². The summed E-state index contributed by atoms with van der Waals surface area (Å²) >= 11 is 0. The minimum Gasteiger partial charge on any atom is -0.469 e. The molecule has 0 amide bonds. The number of nitriles is 1. The van der Waals surface area contributed by atoms with Crippen molar-refractivity contribution in [2.24, 2.45) is 5.73 Å². The van der Waals surface area contributed by atoms with Crippen LogP contribution in [-0.4, -0.2) is 19.7 Å². The van der Waals surface area contributed by atoms with E-state index in [2.05, 4.69) is 9.47 Å². The molecular formula is C12H12F2N2O3. The Labute approximate surface area is 108 Å². The molecule has 0 bridgehead atoms. The van der Waals surface area contributed by atoms with Crippen LogP contribution >= 0.6 is 0 Å². The second-order valence-corrected chi connectivity index (χ2v) is 3.53. The van der Waals surface area contributed by atoms with Gasteiger partial charge in [-0.25, -0.2) is 0 Å². The van der Waals surface area contributed by atoms with Gasteiger partial charge in [-0.15, -0.1) is 0 Å². The van der Waals surface area contributed by atoms with Crippen LogP contribution in [0, 0.1) is 11.3 Å². The molecule has 102 valence electrons. The van der Waals surface area contributed by atoms with Crippen molar-refractivity contribution >= 4 is 5.97 Å². The van der Waals surface area contributed by atoms with Gasteiger partial charge >= 0.3 is 12.6 Å². The van der Waals surface area contributed by atoms with Crippen molar-refractivity contribution in [3.63, 3.8) is 0 Å². The van der Waals surface area contributed by atoms with Gasteiger partial charge in [-0.2, -0.15) is 14.0 Å². The van der Waals surface area contributed by atoms with Crippen LogP contribution in [0.3, 0.4) is 0 Å². The number of nitrogens with zero attached hydrogens (tertiary/aromatic N) is 1. The van der Waals surface area contributed by atoms with Gasteiger partial charge in [0.15, 0.2) is 0 Å². The molecule has 0 atom stereocenters. The average molecular weight is 270 g/mol. The van der Waals surface area contributed by atoms with E-state index >= 15 is 0 Å². The molecule has 7 heteroatoms. The highest BCUT2D eigenvalue weighted by Gasteiger charge is 2.18. The van der Waals surface area contributed by atoms with Crippen LogP contribution in [0.25, 0.3) is 0 Å². The van der Waals surface area contributed by atoms with Crippen LogP contribution in [0.5, 0.6) is 5.75 Å². The Hall–Kier alpha value is -2.20. The van der Waals surface area contributed by atoms with E-state index in [0.717, 1.165) is 0 Å². The van der Waals surface area contributed by atoms with Crippen molar-refractivity contribution in [1.82, 2.24) is 0 Å². The predicted molar refractivity (Wildman–Crippen MR) is 61.4 cm³/mol. The third-order valence-corrected chi connectivity index (χ3v) is 2.45. The van der Waals surface area contributed by atoms with E-state index in [1.807, 2.05) is 0 Å². The number of alkyl halides is 2. The number of nitrogens with two attached hydrogens (primary N) is 1. The number of carbonyl (C=O) groups excluding carboxylic acids is 1. The summed E-state index contributed by atoms with van der Waals surface area (Å²) in [4.78, 5) is 11.2. The quantitative estimate of drug-likeness (QED) is 0.816. The van der Waals surface area contributed by atoms with Crippen LogP contribution < -0.4 is 10.5 Å². The predicted octanol–water partition coefficient (Wildman–Crippen LogP) is 1.33. The number of carbonyl (C=O) groups is 1. The summed E-state index contributed by atoms with van der Waals surface area (Å²) in [5.41, 5.74) is 6.01. The summed E-state index contributed by atoms with van der Waals surface area (Å²) < 4.78 is 33.5. The van der Waals surface area contributed by atoms with Crippen LogP contribution in [0.15, 0.2) is 12.1 Å². The van der Waals surface area contributed by atoms with Gasteiger partial charge in [0.1, 0.15) is 11.8 Å². The first-order valence-electron chi connectivity index (χ1n) is 5.30. The van der Waals surface area contributed by atoms with Gasteiger partial charge in [-0.1, -0.05) is 6.07 Å². The van der Waals surface area contributed by atoms with Crippen LogP contribution in [0.2, 0.25) is 0 Å². The summed E-state index contributed by atoms with van der Waals surface area (Å²) in [6.45, 7) is -3.21.